The topological polar surface area (TPSA) is 84.3 Å². The molecule has 7 nitrogen and oxygen atoms in total. The Kier molecular flexibility index (Phi) is 17.1. The van der Waals surface area contributed by atoms with Crippen LogP contribution in [-0.4, -0.2) is 97.0 Å². The van der Waals surface area contributed by atoms with Gasteiger partial charge in [0, 0.05) is 80.4 Å². The summed E-state index contributed by atoms with van der Waals surface area (Å²) in [5.74, 6) is -2.51. The molecule has 0 amide bonds. The van der Waals surface area contributed by atoms with Crippen LogP contribution in [0, 0.1) is 0 Å². The van der Waals surface area contributed by atoms with Gasteiger partial charge < -0.3 is 20.0 Å². The third kappa shape index (κ3) is 12.2. The van der Waals surface area contributed by atoms with Gasteiger partial charge in [0.05, 0.1) is 0 Å². The quantitative estimate of drug-likeness (QED) is 0.122. The van der Waals surface area contributed by atoms with Crippen molar-refractivity contribution in [2.75, 3.05) is 60.1 Å². The predicted octanol–water partition coefficient (Wildman–Crippen LogP) is 9.73. The smallest absolute Gasteiger partial charge is 0.328 e. The summed E-state index contributed by atoms with van der Waals surface area (Å²) in [4.78, 5) is 33.3. The van der Waals surface area contributed by atoms with Gasteiger partial charge in [-0.15, -0.1) is 24.2 Å². The van der Waals surface area contributed by atoms with Gasteiger partial charge in [-0.05, 0) is 117 Å². The average molecular weight is 825 g/mol. The zero-order chi connectivity index (χ0) is 37.9. The van der Waals surface area contributed by atoms with Gasteiger partial charge in [0.15, 0.2) is 0 Å². The Morgan fingerprint density at radius 1 is 0.833 bits per heavy atom. The molecule has 1 unspecified atom stereocenters. The summed E-state index contributed by atoms with van der Waals surface area (Å²) in [5.41, 5.74) is 6.89. The van der Waals surface area contributed by atoms with Crippen LogP contribution < -0.4 is 0 Å². The predicted molar refractivity (Wildman–Crippen MR) is 228 cm³/mol. The summed E-state index contributed by atoms with van der Waals surface area (Å²) in [6, 6.07) is 31.2. The third-order valence-corrected chi connectivity index (χ3v) is 12.4. The van der Waals surface area contributed by atoms with Crippen LogP contribution in [0.3, 0.4) is 0 Å². The van der Waals surface area contributed by atoms with E-state index in [1.807, 2.05) is 41.4 Å². The number of carbonyl (C=O) groups is 2. The highest BCUT2D eigenvalue weighted by atomic mass is 35.5. The van der Waals surface area contributed by atoms with Crippen LogP contribution in [0.25, 0.3) is 5.57 Å². The molecule has 1 saturated heterocycles. The van der Waals surface area contributed by atoms with Crippen LogP contribution in [0.4, 0.5) is 0 Å². The molecule has 0 radical (unpaired) electrons. The van der Waals surface area contributed by atoms with Crippen molar-refractivity contribution in [1.82, 2.24) is 14.7 Å². The molecule has 54 heavy (non-hydrogen) atoms. The molecule has 0 bridgehead atoms. The number of aliphatic carboxylic acids is 2. The molecule has 0 aliphatic carbocycles. The first kappa shape index (κ1) is 43.5. The van der Waals surface area contributed by atoms with E-state index in [-0.39, 0.29) is 12.4 Å². The van der Waals surface area contributed by atoms with Crippen molar-refractivity contribution in [1.29, 1.82) is 0 Å². The van der Waals surface area contributed by atoms with E-state index in [0.717, 1.165) is 37.5 Å². The van der Waals surface area contributed by atoms with Crippen molar-refractivity contribution in [3.8, 4) is 0 Å². The molecular weight excluding hydrogens is 778 g/mol. The minimum Gasteiger partial charge on any atom is -0.478 e. The maximum atomic E-state index is 9.55. The number of benzene rings is 4. The Balaban J connectivity index is 0.000000199. The highest BCUT2D eigenvalue weighted by Gasteiger charge is 2.29. The average Bonchev–Trinajstić information content (AvgIpc) is 3.31. The number of thioether (sulfide) groups is 1. The zero-order valence-electron chi connectivity index (χ0n) is 30.9. The van der Waals surface area contributed by atoms with Crippen molar-refractivity contribution >= 4 is 76.8 Å². The molecule has 0 saturated carbocycles. The molecular formula is C42H47Cl2N3O4S3. The number of nitrogens with zero attached hydrogens (tertiary/aromatic N) is 3. The molecule has 3 aliphatic rings. The van der Waals surface area contributed by atoms with Crippen molar-refractivity contribution in [2.45, 2.75) is 43.4 Å². The summed E-state index contributed by atoms with van der Waals surface area (Å²) in [6.07, 6.45) is 7.79. The van der Waals surface area contributed by atoms with E-state index in [9.17, 15) is 9.59 Å². The maximum absolute atomic E-state index is 9.55. The summed E-state index contributed by atoms with van der Waals surface area (Å²) in [6.45, 7) is 5.72. The van der Waals surface area contributed by atoms with E-state index < -0.39 is 11.9 Å². The fourth-order valence-electron chi connectivity index (χ4n) is 6.35. The van der Waals surface area contributed by atoms with Gasteiger partial charge in [-0.3, -0.25) is 4.90 Å². The van der Waals surface area contributed by atoms with Gasteiger partial charge in [0.1, 0.15) is 0 Å². The Bertz CT molecular complexity index is 1950. The van der Waals surface area contributed by atoms with E-state index in [4.69, 9.17) is 21.8 Å². The van der Waals surface area contributed by atoms with Gasteiger partial charge in [-0.2, -0.15) is 0 Å². The van der Waals surface area contributed by atoms with Gasteiger partial charge in [0.2, 0.25) is 0 Å². The minimum atomic E-state index is -1.26. The number of hydrogen-bond acceptors (Lipinski definition) is 8. The van der Waals surface area contributed by atoms with Crippen LogP contribution in [0.15, 0.2) is 128 Å². The Morgan fingerprint density at radius 2 is 1.44 bits per heavy atom. The molecule has 12 heteroatoms. The van der Waals surface area contributed by atoms with Crippen molar-refractivity contribution < 1.29 is 19.8 Å². The Morgan fingerprint density at radius 3 is 2.11 bits per heavy atom. The summed E-state index contributed by atoms with van der Waals surface area (Å²) < 4.78 is 0. The van der Waals surface area contributed by atoms with E-state index in [1.165, 1.54) is 65.4 Å². The molecule has 286 valence electrons. The second-order valence-corrected chi connectivity index (χ2v) is 16.6. The third-order valence-electron chi connectivity index (χ3n) is 9.08. The lowest BCUT2D eigenvalue weighted by molar-refractivity contribution is -0.134. The first-order valence-corrected chi connectivity index (χ1v) is 20.7. The van der Waals surface area contributed by atoms with E-state index in [0.29, 0.717) is 18.2 Å². The number of likely N-dealkylation sites (N-methyl/N-ethyl adjacent to an activating group) is 1. The van der Waals surface area contributed by atoms with Gasteiger partial charge in [-0.1, -0.05) is 77.6 Å². The molecule has 1 atom stereocenters. The first-order chi connectivity index (χ1) is 25.5. The van der Waals surface area contributed by atoms with E-state index in [2.05, 4.69) is 127 Å². The van der Waals surface area contributed by atoms with Crippen molar-refractivity contribution in [2.24, 2.45) is 0 Å². The normalized spacial score (nSPS) is 17.0. The molecule has 2 N–H and O–H groups in total. The van der Waals surface area contributed by atoms with Crippen LogP contribution in [0.5, 0.6) is 0 Å². The molecule has 4 aromatic carbocycles. The van der Waals surface area contributed by atoms with Crippen molar-refractivity contribution in [3.63, 3.8) is 0 Å². The molecule has 0 aromatic heterocycles. The number of halogens is 2. The highest BCUT2D eigenvalue weighted by Crippen LogP contribution is 2.46. The van der Waals surface area contributed by atoms with Gasteiger partial charge in [0.25, 0.3) is 0 Å². The lowest BCUT2D eigenvalue weighted by Crippen LogP contribution is -2.46. The number of hydrogen-bond donors (Lipinski definition) is 2. The fraction of sp³-hybridized carbons (Fsp3) is 0.286. The second kappa shape index (κ2) is 21.2. The molecule has 4 aromatic rings. The number of rotatable bonds is 7. The van der Waals surface area contributed by atoms with Crippen LogP contribution in [0.2, 0.25) is 5.02 Å². The molecule has 7 rings (SSSR count). The number of carboxylic acid groups (broad SMARTS) is 2. The van der Waals surface area contributed by atoms with E-state index in [1.54, 1.807) is 0 Å². The van der Waals surface area contributed by atoms with E-state index >= 15 is 0 Å². The highest BCUT2D eigenvalue weighted by molar-refractivity contribution is 8.00. The Hall–Kier alpha value is -3.19. The summed E-state index contributed by atoms with van der Waals surface area (Å²) in [7, 11) is 6.44. The number of fused-ring (bicyclic) bond motifs is 4. The zero-order valence-corrected chi connectivity index (χ0v) is 34.9. The Labute approximate surface area is 343 Å². The standard InChI is InChI=1S/C20H24N2S2.C18H18ClNS.C4H4O4.ClH/c1-21-9-11-22(12-10-21)18-13-15-5-3-4-6-19(15)24-20-8-7-16(23-2)14-17(18)20;1-20(2)11-5-7-14-15-6-3-4-8-17(15)21-18-10-9-13(19)12-16(14)18;5-3(6)1-2-4(7)8;/h3-8,14,18H,9-13H2,1-2H3;3-4,6-10,12H,5,11H2,1-2H3;1-2H,(H,5,6)(H,7,8);1H. The lowest BCUT2D eigenvalue weighted by Gasteiger charge is -2.38. The lowest BCUT2D eigenvalue weighted by atomic mass is 9.96. The summed E-state index contributed by atoms with van der Waals surface area (Å²) >= 11 is 11.8. The van der Waals surface area contributed by atoms with Crippen LogP contribution in [0.1, 0.15) is 34.7 Å². The first-order valence-electron chi connectivity index (χ1n) is 17.4. The van der Waals surface area contributed by atoms with Crippen LogP contribution in [-0.2, 0) is 16.0 Å². The largest absolute Gasteiger partial charge is 0.478 e. The monoisotopic (exact) mass is 823 g/mol. The van der Waals surface area contributed by atoms with Crippen LogP contribution >= 0.6 is 59.3 Å². The van der Waals surface area contributed by atoms with Gasteiger partial charge in [-0.25, -0.2) is 9.59 Å². The summed E-state index contributed by atoms with van der Waals surface area (Å²) in [5, 5.41) is 16.4. The molecule has 3 aliphatic heterocycles. The second-order valence-electron chi connectivity index (χ2n) is 13.1. The number of piperazine rings is 1. The molecule has 3 heterocycles. The maximum Gasteiger partial charge on any atom is 0.328 e. The molecule has 1 fully saturated rings. The fourth-order valence-corrected chi connectivity index (χ4v) is 9.17. The van der Waals surface area contributed by atoms with Crippen molar-refractivity contribution in [3.05, 3.63) is 130 Å². The minimum absolute atomic E-state index is 0. The molecule has 0 spiro atoms. The SMILES string of the molecule is CN(C)CCC=C1c2ccccc2Sc2ccc(Cl)cc21.CSc1ccc2c(c1)C(N1CCN(C)CC1)Cc1ccccc1S2.Cl.O=C(O)C=CC(=O)O. The number of carboxylic acids is 2. The van der Waals surface area contributed by atoms with Gasteiger partial charge >= 0.3 is 11.9 Å².